The summed E-state index contributed by atoms with van der Waals surface area (Å²) < 4.78 is 5.78. The van der Waals surface area contributed by atoms with Gasteiger partial charge in [-0.05, 0) is 60.6 Å². The highest BCUT2D eigenvalue weighted by molar-refractivity contribution is 6.06. The van der Waals surface area contributed by atoms with Crippen LogP contribution in [-0.4, -0.2) is 23.0 Å². The Kier molecular flexibility index (Phi) is 4.87. The molecular formula is C25H21N3O3. The van der Waals surface area contributed by atoms with Crippen LogP contribution in [0.15, 0.2) is 65.8 Å². The molecule has 4 atom stereocenters. The topological polar surface area (TPSA) is 82.8 Å². The molecule has 0 N–H and O–H groups in total. The molecule has 0 aromatic heterocycles. The van der Waals surface area contributed by atoms with Crippen LogP contribution in [0.2, 0.25) is 0 Å². The number of amides is 2. The van der Waals surface area contributed by atoms with E-state index in [4.69, 9.17) is 10.00 Å². The second kappa shape index (κ2) is 7.84. The zero-order valence-corrected chi connectivity index (χ0v) is 16.8. The number of rotatable bonds is 5. The molecule has 4 aliphatic rings. The van der Waals surface area contributed by atoms with Crippen LogP contribution in [0, 0.1) is 35.0 Å². The molecule has 6 rings (SSSR count). The van der Waals surface area contributed by atoms with Crippen molar-refractivity contribution in [2.24, 2.45) is 28.8 Å². The van der Waals surface area contributed by atoms with Crippen LogP contribution in [0.3, 0.4) is 0 Å². The molecule has 154 valence electrons. The van der Waals surface area contributed by atoms with Crippen molar-refractivity contribution < 1.29 is 14.3 Å². The van der Waals surface area contributed by atoms with E-state index in [0.717, 1.165) is 29.0 Å². The van der Waals surface area contributed by atoms with Gasteiger partial charge in [-0.15, -0.1) is 0 Å². The van der Waals surface area contributed by atoms with Gasteiger partial charge < -0.3 is 4.74 Å². The van der Waals surface area contributed by atoms with Gasteiger partial charge >= 0.3 is 0 Å². The SMILES string of the molecule is N#Cc1ccccc1COc1ccc(/C=N\N2C(=O)[C@H]3[C@H](C2=O)[C@@H]2C=C[C@@H]3CC2)cc1. The first-order valence-corrected chi connectivity index (χ1v) is 10.5. The van der Waals surface area contributed by atoms with E-state index >= 15 is 0 Å². The third kappa shape index (κ3) is 3.42. The lowest BCUT2D eigenvalue weighted by Gasteiger charge is -2.37. The first-order valence-electron chi connectivity index (χ1n) is 10.5. The van der Waals surface area contributed by atoms with Gasteiger partial charge in [0, 0.05) is 5.56 Å². The number of ether oxygens (including phenoxy) is 1. The average Bonchev–Trinajstić information content (AvgIpc) is 3.09. The molecule has 1 saturated heterocycles. The number of hydrazone groups is 1. The number of benzene rings is 2. The lowest BCUT2D eigenvalue weighted by Crippen LogP contribution is -2.38. The normalized spacial score (nSPS) is 26.4. The number of allylic oxidation sites excluding steroid dienone is 2. The molecule has 2 amide bonds. The van der Waals surface area contributed by atoms with E-state index in [1.54, 1.807) is 18.2 Å². The summed E-state index contributed by atoms with van der Waals surface area (Å²) in [7, 11) is 0. The number of imide groups is 1. The summed E-state index contributed by atoms with van der Waals surface area (Å²) in [6, 6.07) is 16.7. The van der Waals surface area contributed by atoms with Gasteiger partial charge in [0.25, 0.3) is 11.8 Å². The van der Waals surface area contributed by atoms with E-state index in [2.05, 4.69) is 23.3 Å². The molecule has 3 aliphatic carbocycles. The van der Waals surface area contributed by atoms with E-state index in [9.17, 15) is 9.59 Å². The largest absolute Gasteiger partial charge is 0.489 e. The number of nitrogens with zero attached hydrogens (tertiary/aromatic N) is 3. The molecule has 6 heteroatoms. The molecule has 2 fully saturated rings. The number of hydrogen-bond donors (Lipinski definition) is 0. The second-order valence-electron chi connectivity index (χ2n) is 8.20. The molecule has 2 aromatic carbocycles. The van der Waals surface area contributed by atoms with Gasteiger partial charge in [0.05, 0.1) is 29.7 Å². The van der Waals surface area contributed by atoms with Crippen LogP contribution in [-0.2, 0) is 16.2 Å². The lowest BCUT2D eigenvalue weighted by atomic mass is 9.63. The van der Waals surface area contributed by atoms with Crippen LogP contribution < -0.4 is 4.74 Å². The summed E-state index contributed by atoms with van der Waals surface area (Å²) in [6.45, 7) is 0.299. The van der Waals surface area contributed by atoms with E-state index < -0.39 is 0 Å². The molecule has 2 bridgehead atoms. The summed E-state index contributed by atoms with van der Waals surface area (Å²) in [5, 5.41) is 14.5. The minimum atomic E-state index is -0.250. The van der Waals surface area contributed by atoms with Crippen LogP contribution in [0.25, 0.3) is 0 Å². The van der Waals surface area contributed by atoms with E-state index in [-0.39, 0.29) is 35.5 Å². The second-order valence-corrected chi connectivity index (χ2v) is 8.20. The third-order valence-electron chi connectivity index (χ3n) is 6.47. The number of carbonyl (C=O) groups excluding carboxylic acids is 2. The minimum Gasteiger partial charge on any atom is -0.489 e. The van der Waals surface area contributed by atoms with Gasteiger partial charge in [-0.1, -0.05) is 30.4 Å². The molecule has 1 saturated carbocycles. The number of fused-ring (bicyclic) bond motifs is 1. The fraction of sp³-hybridized carbons (Fsp3) is 0.280. The number of nitriles is 1. The number of hydrogen-bond acceptors (Lipinski definition) is 5. The Morgan fingerprint density at radius 2 is 1.65 bits per heavy atom. The molecule has 0 spiro atoms. The molecule has 1 aliphatic heterocycles. The van der Waals surface area contributed by atoms with Crippen LogP contribution in [0.1, 0.15) is 29.5 Å². The minimum absolute atomic E-state index is 0.161. The highest BCUT2D eigenvalue weighted by atomic mass is 16.5. The van der Waals surface area contributed by atoms with Crippen LogP contribution in [0.4, 0.5) is 0 Å². The highest BCUT2D eigenvalue weighted by Gasteiger charge is 2.56. The summed E-state index contributed by atoms with van der Waals surface area (Å²) in [5.74, 6) is 0.124. The smallest absolute Gasteiger partial charge is 0.254 e. The average molecular weight is 411 g/mol. The fourth-order valence-corrected chi connectivity index (χ4v) is 4.86. The van der Waals surface area contributed by atoms with E-state index in [1.807, 2.05) is 30.3 Å². The Morgan fingerprint density at radius 3 is 2.26 bits per heavy atom. The molecular weight excluding hydrogens is 390 g/mol. The van der Waals surface area contributed by atoms with Crippen LogP contribution in [0.5, 0.6) is 5.75 Å². The van der Waals surface area contributed by atoms with Gasteiger partial charge in [-0.3, -0.25) is 9.59 Å². The Balaban J connectivity index is 1.24. The molecule has 2 aromatic rings. The summed E-state index contributed by atoms with van der Waals surface area (Å²) in [4.78, 5) is 25.6. The molecule has 31 heavy (non-hydrogen) atoms. The van der Waals surface area contributed by atoms with Crippen molar-refractivity contribution in [3.05, 3.63) is 77.4 Å². The Labute approximate surface area is 180 Å². The first kappa shape index (κ1) is 19.3. The Hall–Kier alpha value is -3.72. The fourth-order valence-electron chi connectivity index (χ4n) is 4.86. The van der Waals surface area contributed by atoms with Gasteiger partial charge in [0.2, 0.25) is 0 Å². The molecule has 0 unspecified atom stereocenters. The Morgan fingerprint density at radius 1 is 1.00 bits per heavy atom. The monoisotopic (exact) mass is 411 g/mol. The Bertz CT molecular complexity index is 1100. The van der Waals surface area contributed by atoms with Gasteiger partial charge in [-0.2, -0.15) is 15.4 Å². The predicted octanol–water partition coefficient (Wildman–Crippen LogP) is 3.67. The summed E-state index contributed by atoms with van der Waals surface area (Å²) in [6.07, 6.45) is 7.68. The predicted molar refractivity (Wildman–Crippen MR) is 114 cm³/mol. The summed E-state index contributed by atoms with van der Waals surface area (Å²) in [5.41, 5.74) is 2.18. The quantitative estimate of drug-likeness (QED) is 0.427. The standard InChI is InChI=1S/C25H21N3O3/c26-13-19-3-1-2-4-20(19)15-31-21-11-5-16(6-12-21)14-27-28-24(29)22-17-7-8-18(10-9-17)23(22)25(28)30/h1-8,11-12,14,17-18,22-23H,9-10,15H2/b27-14-/t17-,18-,22-,23-/m1/s1. The van der Waals surface area contributed by atoms with Crippen molar-refractivity contribution in [1.82, 2.24) is 5.01 Å². The van der Waals surface area contributed by atoms with Crippen molar-refractivity contribution in [1.29, 1.82) is 5.26 Å². The van der Waals surface area contributed by atoms with Gasteiger partial charge in [0.15, 0.2) is 0 Å². The maximum atomic E-state index is 12.8. The first-order chi connectivity index (χ1) is 15.2. The van der Waals surface area contributed by atoms with Crippen molar-refractivity contribution in [2.45, 2.75) is 19.4 Å². The van der Waals surface area contributed by atoms with Crippen molar-refractivity contribution in [3.63, 3.8) is 0 Å². The summed E-state index contributed by atoms with van der Waals surface area (Å²) >= 11 is 0. The molecule has 6 nitrogen and oxygen atoms in total. The lowest BCUT2D eigenvalue weighted by molar-refractivity contribution is -0.140. The molecule has 1 heterocycles. The van der Waals surface area contributed by atoms with Crippen LogP contribution >= 0.6 is 0 Å². The maximum absolute atomic E-state index is 12.8. The van der Waals surface area contributed by atoms with Gasteiger partial charge in [0.1, 0.15) is 12.4 Å². The highest BCUT2D eigenvalue weighted by Crippen LogP contribution is 2.49. The maximum Gasteiger partial charge on any atom is 0.254 e. The van der Waals surface area contributed by atoms with E-state index in [0.29, 0.717) is 17.9 Å². The van der Waals surface area contributed by atoms with Crippen molar-refractivity contribution >= 4 is 18.0 Å². The zero-order chi connectivity index (χ0) is 21.4. The number of carbonyl (C=O) groups is 2. The third-order valence-corrected chi connectivity index (χ3v) is 6.47. The zero-order valence-electron chi connectivity index (χ0n) is 16.8. The van der Waals surface area contributed by atoms with E-state index in [1.165, 1.54) is 6.21 Å². The van der Waals surface area contributed by atoms with Crippen molar-refractivity contribution in [2.75, 3.05) is 0 Å². The van der Waals surface area contributed by atoms with Gasteiger partial charge in [-0.25, -0.2) is 0 Å². The van der Waals surface area contributed by atoms with Crippen molar-refractivity contribution in [3.8, 4) is 11.8 Å². The molecule has 0 radical (unpaired) electrons.